The van der Waals surface area contributed by atoms with Crippen molar-refractivity contribution in [3.8, 4) is 0 Å². The number of nitrogens with zero attached hydrogens (tertiary/aromatic N) is 1. The first kappa shape index (κ1) is 19.7. The van der Waals surface area contributed by atoms with E-state index in [1.54, 1.807) is 4.90 Å². The predicted molar refractivity (Wildman–Crippen MR) is 106 cm³/mol. The fraction of sp³-hybridized carbons (Fsp3) is 0.364. The van der Waals surface area contributed by atoms with Crippen LogP contribution in [-0.4, -0.2) is 35.7 Å². The highest BCUT2D eigenvalue weighted by molar-refractivity contribution is 5.70. The number of carbonyl (C=O) groups excluding carboxylic acids is 2. The van der Waals surface area contributed by atoms with Crippen molar-refractivity contribution < 1.29 is 19.1 Å². The van der Waals surface area contributed by atoms with E-state index in [0.717, 1.165) is 24.0 Å². The Morgan fingerprint density at radius 1 is 0.964 bits per heavy atom. The van der Waals surface area contributed by atoms with Crippen LogP contribution >= 0.6 is 0 Å². The van der Waals surface area contributed by atoms with Crippen molar-refractivity contribution >= 4 is 12.2 Å². The molecule has 0 aromatic heterocycles. The molecule has 0 aliphatic carbocycles. The Hall–Kier alpha value is -3.02. The molecule has 0 radical (unpaired) electrons. The smallest absolute Gasteiger partial charge is 0.410 e. The van der Waals surface area contributed by atoms with Crippen LogP contribution < -0.4 is 5.32 Å². The standard InChI is InChI=1S/C22H26N2O4/c1-22(23-20(25)27-15-18-9-4-2-5-10-18)13-8-14-24(17-22)21(26)28-16-19-11-6-3-7-12-19/h2-7,9-12H,8,13-17H2,1H3,(H,23,25). The largest absolute Gasteiger partial charge is 0.445 e. The third-order valence-electron chi connectivity index (χ3n) is 4.78. The fourth-order valence-corrected chi connectivity index (χ4v) is 3.31. The highest BCUT2D eigenvalue weighted by Gasteiger charge is 2.35. The third kappa shape index (κ3) is 5.74. The van der Waals surface area contributed by atoms with Gasteiger partial charge in [0.2, 0.25) is 0 Å². The number of ether oxygens (including phenoxy) is 2. The van der Waals surface area contributed by atoms with Crippen molar-refractivity contribution in [3.05, 3.63) is 71.8 Å². The zero-order chi connectivity index (χ0) is 19.8. The Bertz CT molecular complexity index is 782. The molecular weight excluding hydrogens is 356 g/mol. The summed E-state index contributed by atoms with van der Waals surface area (Å²) in [6, 6.07) is 19.1. The van der Waals surface area contributed by atoms with E-state index in [9.17, 15) is 9.59 Å². The maximum atomic E-state index is 12.4. The molecule has 1 saturated heterocycles. The maximum absolute atomic E-state index is 12.4. The number of amides is 2. The van der Waals surface area contributed by atoms with Gasteiger partial charge in [0, 0.05) is 13.1 Å². The molecule has 1 unspecified atom stereocenters. The molecule has 0 spiro atoms. The van der Waals surface area contributed by atoms with Crippen LogP contribution in [0.5, 0.6) is 0 Å². The van der Waals surface area contributed by atoms with Crippen LogP contribution in [0.25, 0.3) is 0 Å². The quantitative estimate of drug-likeness (QED) is 0.845. The SMILES string of the molecule is CC1(NC(=O)OCc2ccccc2)CCCN(C(=O)OCc2ccccc2)C1. The number of hydrogen-bond acceptors (Lipinski definition) is 4. The second kappa shape index (κ2) is 9.26. The molecule has 2 amide bonds. The average Bonchev–Trinajstić information content (AvgIpc) is 2.72. The van der Waals surface area contributed by atoms with Crippen LogP contribution in [-0.2, 0) is 22.7 Å². The maximum Gasteiger partial charge on any atom is 0.410 e. The van der Waals surface area contributed by atoms with E-state index < -0.39 is 11.6 Å². The topological polar surface area (TPSA) is 67.9 Å². The zero-order valence-corrected chi connectivity index (χ0v) is 16.1. The van der Waals surface area contributed by atoms with Crippen LogP contribution in [0.2, 0.25) is 0 Å². The summed E-state index contributed by atoms with van der Waals surface area (Å²) in [5, 5.41) is 2.91. The molecule has 1 fully saturated rings. The first-order chi connectivity index (χ1) is 13.5. The Labute approximate surface area is 165 Å². The van der Waals surface area contributed by atoms with Crippen molar-refractivity contribution in [2.45, 2.75) is 38.5 Å². The van der Waals surface area contributed by atoms with E-state index in [1.807, 2.05) is 67.6 Å². The first-order valence-corrected chi connectivity index (χ1v) is 9.49. The Kier molecular flexibility index (Phi) is 6.53. The van der Waals surface area contributed by atoms with E-state index in [0.29, 0.717) is 13.1 Å². The summed E-state index contributed by atoms with van der Waals surface area (Å²) in [5.41, 5.74) is 1.33. The minimum Gasteiger partial charge on any atom is -0.445 e. The van der Waals surface area contributed by atoms with Gasteiger partial charge in [-0.15, -0.1) is 0 Å². The number of carbonyl (C=O) groups is 2. The van der Waals surface area contributed by atoms with Crippen LogP contribution in [0.4, 0.5) is 9.59 Å². The summed E-state index contributed by atoms with van der Waals surface area (Å²) in [5.74, 6) is 0. The number of nitrogens with one attached hydrogen (secondary N) is 1. The average molecular weight is 382 g/mol. The normalized spacial score (nSPS) is 19.0. The van der Waals surface area contributed by atoms with Crippen LogP contribution in [0.1, 0.15) is 30.9 Å². The highest BCUT2D eigenvalue weighted by Crippen LogP contribution is 2.22. The van der Waals surface area contributed by atoms with E-state index in [-0.39, 0.29) is 19.3 Å². The summed E-state index contributed by atoms with van der Waals surface area (Å²) < 4.78 is 10.7. The van der Waals surface area contributed by atoms with Gasteiger partial charge < -0.3 is 19.7 Å². The van der Waals surface area contributed by atoms with Crippen molar-refractivity contribution in [2.24, 2.45) is 0 Å². The minimum atomic E-state index is -0.544. The first-order valence-electron chi connectivity index (χ1n) is 9.49. The van der Waals surface area contributed by atoms with Crippen molar-refractivity contribution in [3.63, 3.8) is 0 Å². The number of hydrogen-bond donors (Lipinski definition) is 1. The third-order valence-corrected chi connectivity index (χ3v) is 4.78. The van der Waals surface area contributed by atoms with Gasteiger partial charge in [0.25, 0.3) is 0 Å². The lowest BCUT2D eigenvalue weighted by atomic mass is 9.91. The van der Waals surface area contributed by atoms with E-state index in [2.05, 4.69) is 5.32 Å². The molecule has 3 rings (SSSR count). The number of piperidine rings is 1. The summed E-state index contributed by atoms with van der Waals surface area (Å²) in [6.07, 6.45) is 0.714. The molecule has 2 aromatic carbocycles. The van der Waals surface area contributed by atoms with Crippen molar-refractivity contribution in [2.75, 3.05) is 13.1 Å². The lowest BCUT2D eigenvalue weighted by Gasteiger charge is -2.40. The van der Waals surface area contributed by atoms with Gasteiger partial charge >= 0.3 is 12.2 Å². The lowest BCUT2D eigenvalue weighted by molar-refractivity contribution is 0.0644. The Balaban J connectivity index is 1.48. The van der Waals surface area contributed by atoms with Gasteiger partial charge in [0.05, 0.1) is 5.54 Å². The predicted octanol–water partition coefficient (Wildman–Crippen LogP) is 4.10. The molecule has 1 aliphatic rings. The molecule has 148 valence electrons. The summed E-state index contributed by atoms with van der Waals surface area (Å²) in [6.45, 7) is 3.38. The number of rotatable bonds is 5. The summed E-state index contributed by atoms with van der Waals surface area (Å²) in [4.78, 5) is 26.3. The van der Waals surface area contributed by atoms with Gasteiger partial charge in [-0.25, -0.2) is 9.59 Å². The summed E-state index contributed by atoms with van der Waals surface area (Å²) in [7, 11) is 0. The highest BCUT2D eigenvalue weighted by atomic mass is 16.6. The molecule has 6 nitrogen and oxygen atoms in total. The molecule has 0 bridgehead atoms. The van der Waals surface area contributed by atoms with E-state index >= 15 is 0 Å². The summed E-state index contributed by atoms with van der Waals surface area (Å²) >= 11 is 0. The molecule has 1 aliphatic heterocycles. The molecule has 1 heterocycles. The second-order valence-electron chi connectivity index (χ2n) is 7.31. The number of likely N-dealkylation sites (tertiary alicyclic amines) is 1. The Morgan fingerprint density at radius 3 is 2.14 bits per heavy atom. The van der Waals surface area contributed by atoms with E-state index in [4.69, 9.17) is 9.47 Å². The second-order valence-corrected chi connectivity index (χ2v) is 7.31. The van der Waals surface area contributed by atoms with Gasteiger partial charge in [-0.3, -0.25) is 0 Å². The molecule has 1 atom stereocenters. The van der Waals surface area contributed by atoms with Gasteiger partial charge in [0.15, 0.2) is 0 Å². The van der Waals surface area contributed by atoms with Gasteiger partial charge in [-0.1, -0.05) is 60.7 Å². The molecule has 0 saturated carbocycles. The van der Waals surface area contributed by atoms with E-state index in [1.165, 1.54) is 0 Å². The van der Waals surface area contributed by atoms with Crippen molar-refractivity contribution in [1.29, 1.82) is 0 Å². The van der Waals surface area contributed by atoms with Gasteiger partial charge in [-0.05, 0) is 30.9 Å². The molecule has 2 aromatic rings. The van der Waals surface area contributed by atoms with Crippen LogP contribution in [0.3, 0.4) is 0 Å². The van der Waals surface area contributed by atoms with Crippen LogP contribution in [0.15, 0.2) is 60.7 Å². The lowest BCUT2D eigenvalue weighted by Crippen LogP contribution is -2.58. The molecular formula is C22H26N2O4. The molecule has 6 heteroatoms. The van der Waals surface area contributed by atoms with Crippen molar-refractivity contribution in [1.82, 2.24) is 10.2 Å². The minimum absolute atomic E-state index is 0.214. The number of alkyl carbamates (subject to hydrolysis) is 1. The van der Waals surface area contributed by atoms with Crippen LogP contribution in [0, 0.1) is 0 Å². The Morgan fingerprint density at radius 2 is 1.54 bits per heavy atom. The zero-order valence-electron chi connectivity index (χ0n) is 16.1. The number of benzene rings is 2. The molecule has 1 N–H and O–H groups in total. The van der Waals surface area contributed by atoms with Gasteiger partial charge in [0.1, 0.15) is 13.2 Å². The fourth-order valence-electron chi connectivity index (χ4n) is 3.31. The monoisotopic (exact) mass is 382 g/mol. The molecule has 28 heavy (non-hydrogen) atoms. The van der Waals surface area contributed by atoms with Gasteiger partial charge in [-0.2, -0.15) is 0 Å².